The van der Waals surface area contributed by atoms with Crippen molar-refractivity contribution in [2.24, 2.45) is 0 Å². The van der Waals surface area contributed by atoms with E-state index in [9.17, 15) is 4.79 Å². The normalized spacial score (nSPS) is 16.5. The van der Waals surface area contributed by atoms with Gasteiger partial charge in [0.05, 0.1) is 6.04 Å². The van der Waals surface area contributed by atoms with E-state index in [2.05, 4.69) is 29.8 Å². The molecule has 108 valence electrons. The van der Waals surface area contributed by atoms with E-state index in [4.69, 9.17) is 0 Å². The van der Waals surface area contributed by atoms with E-state index in [0.29, 0.717) is 0 Å². The van der Waals surface area contributed by atoms with Crippen molar-refractivity contribution in [1.82, 2.24) is 5.32 Å². The Morgan fingerprint density at radius 1 is 1.19 bits per heavy atom. The average Bonchev–Trinajstić information content (AvgIpc) is 2.92. The second-order valence-electron chi connectivity index (χ2n) is 5.39. The van der Waals surface area contributed by atoms with Crippen LogP contribution in [0.2, 0.25) is 0 Å². The van der Waals surface area contributed by atoms with Crippen LogP contribution in [0, 0.1) is 0 Å². The van der Waals surface area contributed by atoms with E-state index in [0.717, 1.165) is 24.2 Å². The van der Waals surface area contributed by atoms with Gasteiger partial charge in [0.1, 0.15) is 0 Å². The summed E-state index contributed by atoms with van der Waals surface area (Å²) in [6.07, 6.45) is 4.13. The first-order valence-corrected chi connectivity index (χ1v) is 8.64. The molecule has 2 aromatic rings. The highest BCUT2D eigenvalue weighted by Crippen LogP contribution is 2.30. The highest BCUT2D eigenvalue weighted by molar-refractivity contribution is 7.97. The molecule has 1 aliphatic rings. The minimum Gasteiger partial charge on any atom is -0.345 e. The molecule has 0 radical (unpaired) electrons. The maximum atomic E-state index is 12.4. The second kappa shape index (κ2) is 6.35. The lowest BCUT2D eigenvalue weighted by Crippen LogP contribution is -2.27. The fraction of sp³-hybridized carbons (Fsp3) is 0.278. The number of fused-ring (bicyclic) bond motifs is 1. The average molecular weight is 297 g/mol. The van der Waals surface area contributed by atoms with Crippen molar-refractivity contribution in [2.45, 2.75) is 24.6 Å². The smallest absolute Gasteiger partial charge is 0.251 e. The van der Waals surface area contributed by atoms with Crippen molar-refractivity contribution >= 4 is 17.7 Å². The van der Waals surface area contributed by atoms with Gasteiger partial charge in [-0.1, -0.05) is 36.4 Å². The third-order valence-electron chi connectivity index (χ3n) is 3.97. The van der Waals surface area contributed by atoms with Crippen LogP contribution >= 0.6 is 11.8 Å². The van der Waals surface area contributed by atoms with Crippen LogP contribution in [-0.2, 0) is 12.2 Å². The van der Waals surface area contributed by atoms with Gasteiger partial charge < -0.3 is 5.32 Å². The summed E-state index contributed by atoms with van der Waals surface area (Å²) in [5.74, 6) is 1.00. The summed E-state index contributed by atoms with van der Waals surface area (Å²) >= 11 is 1.79. The lowest BCUT2D eigenvalue weighted by molar-refractivity contribution is 0.0936. The fourth-order valence-electron chi connectivity index (χ4n) is 2.87. The molecule has 0 spiro atoms. The molecule has 1 aliphatic carbocycles. The summed E-state index contributed by atoms with van der Waals surface area (Å²) in [4.78, 5) is 12.4. The standard InChI is InChI=1S/C18H19NOS/c1-21-12-13-6-8-15(9-7-13)18(20)19-17-11-10-14-4-2-3-5-16(14)17/h2-9,17H,10-12H2,1H3,(H,19,20). The minimum atomic E-state index is 0.0207. The maximum Gasteiger partial charge on any atom is 0.251 e. The van der Waals surface area contributed by atoms with Crippen LogP contribution in [-0.4, -0.2) is 12.2 Å². The summed E-state index contributed by atoms with van der Waals surface area (Å²) < 4.78 is 0. The van der Waals surface area contributed by atoms with Gasteiger partial charge in [0.15, 0.2) is 0 Å². The van der Waals surface area contributed by atoms with E-state index < -0.39 is 0 Å². The molecule has 1 N–H and O–H groups in total. The first-order chi connectivity index (χ1) is 10.3. The molecule has 0 aliphatic heterocycles. The van der Waals surface area contributed by atoms with Gasteiger partial charge in [0, 0.05) is 11.3 Å². The molecule has 1 amide bonds. The van der Waals surface area contributed by atoms with Gasteiger partial charge in [-0.3, -0.25) is 4.79 Å². The van der Waals surface area contributed by atoms with E-state index in [1.54, 1.807) is 11.8 Å². The van der Waals surface area contributed by atoms with Crippen molar-refractivity contribution < 1.29 is 4.79 Å². The van der Waals surface area contributed by atoms with Crippen LogP contribution in [0.25, 0.3) is 0 Å². The number of carbonyl (C=O) groups excluding carboxylic acids is 1. The van der Waals surface area contributed by atoms with Crippen molar-refractivity contribution in [2.75, 3.05) is 6.26 Å². The van der Waals surface area contributed by atoms with Gasteiger partial charge in [-0.25, -0.2) is 0 Å². The second-order valence-corrected chi connectivity index (χ2v) is 6.26. The summed E-state index contributed by atoms with van der Waals surface area (Å²) in [5, 5.41) is 3.16. The molecule has 2 aromatic carbocycles. The van der Waals surface area contributed by atoms with Gasteiger partial charge in [-0.15, -0.1) is 0 Å². The Kier molecular flexibility index (Phi) is 4.30. The predicted octanol–water partition coefficient (Wildman–Crippen LogP) is 3.97. The van der Waals surface area contributed by atoms with E-state index >= 15 is 0 Å². The molecule has 0 heterocycles. The van der Waals surface area contributed by atoms with Crippen LogP contribution in [0.15, 0.2) is 48.5 Å². The lowest BCUT2D eigenvalue weighted by atomic mass is 10.1. The third kappa shape index (κ3) is 3.13. The number of thioether (sulfide) groups is 1. The zero-order chi connectivity index (χ0) is 14.7. The summed E-state index contributed by atoms with van der Waals surface area (Å²) in [6.45, 7) is 0. The summed E-state index contributed by atoms with van der Waals surface area (Å²) in [5.41, 5.74) is 4.62. The quantitative estimate of drug-likeness (QED) is 0.925. The van der Waals surface area contributed by atoms with Gasteiger partial charge in [0.2, 0.25) is 0 Å². The number of aryl methyl sites for hydroxylation is 1. The van der Waals surface area contributed by atoms with Gasteiger partial charge in [-0.2, -0.15) is 11.8 Å². The number of amides is 1. The Bertz CT molecular complexity index is 636. The molecular weight excluding hydrogens is 278 g/mol. The third-order valence-corrected chi connectivity index (χ3v) is 4.59. The molecular formula is C18H19NOS. The molecule has 21 heavy (non-hydrogen) atoms. The van der Waals surface area contributed by atoms with Crippen LogP contribution in [0.3, 0.4) is 0 Å². The van der Waals surface area contributed by atoms with E-state index in [-0.39, 0.29) is 11.9 Å². The van der Waals surface area contributed by atoms with Crippen LogP contribution in [0.4, 0.5) is 0 Å². The SMILES string of the molecule is CSCc1ccc(C(=O)NC2CCc3ccccc32)cc1. The largest absolute Gasteiger partial charge is 0.345 e. The van der Waals surface area contributed by atoms with E-state index in [1.165, 1.54) is 16.7 Å². The van der Waals surface area contributed by atoms with Crippen molar-refractivity contribution in [3.63, 3.8) is 0 Å². The maximum absolute atomic E-state index is 12.4. The molecule has 2 nitrogen and oxygen atoms in total. The Labute approximate surface area is 130 Å². The number of nitrogens with one attached hydrogen (secondary N) is 1. The Balaban J connectivity index is 1.69. The molecule has 3 rings (SSSR count). The molecule has 1 atom stereocenters. The number of benzene rings is 2. The Morgan fingerprint density at radius 2 is 1.95 bits per heavy atom. The zero-order valence-electron chi connectivity index (χ0n) is 12.1. The van der Waals surface area contributed by atoms with Gasteiger partial charge in [-0.05, 0) is 47.9 Å². The van der Waals surface area contributed by atoms with Crippen LogP contribution < -0.4 is 5.32 Å². The Hall–Kier alpha value is -1.74. The molecule has 3 heteroatoms. The summed E-state index contributed by atoms with van der Waals surface area (Å²) in [7, 11) is 0. The lowest BCUT2D eigenvalue weighted by Gasteiger charge is -2.14. The first kappa shape index (κ1) is 14.2. The molecule has 0 aromatic heterocycles. The molecule has 1 unspecified atom stereocenters. The molecule has 0 saturated heterocycles. The highest BCUT2D eigenvalue weighted by atomic mass is 32.2. The topological polar surface area (TPSA) is 29.1 Å². The molecule has 0 bridgehead atoms. The van der Waals surface area contributed by atoms with Crippen molar-refractivity contribution in [3.05, 3.63) is 70.8 Å². The Morgan fingerprint density at radius 3 is 2.71 bits per heavy atom. The monoisotopic (exact) mass is 297 g/mol. The fourth-order valence-corrected chi connectivity index (χ4v) is 3.39. The van der Waals surface area contributed by atoms with E-state index in [1.807, 2.05) is 30.3 Å². The first-order valence-electron chi connectivity index (χ1n) is 7.24. The predicted molar refractivity (Wildman–Crippen MR) is 88.6 cm³/mol. The van der Waals surface area contributed by atoms with Gasteiger partial charge in [0.25, 0.3) is 5.91 Å². The number of hydrogen-bond donors (Lipinski definition) is 1. The summed E-state index contributed by atoms with van der Waals surface area (Å²) in [6, 6.07) is 16.4. The number of carbonyl (C=O) groups is 1. The number of hydrogen-bond acceptors (Lipinski definition) is 2. The van der Waals surface area contributed by atoms with Gasteiger partial charge >= 0.3 is 0 Å². The number of rotatable bonds is 4. The van der Waals surface area contributed by atoms with Crippen molar-refractivity contribution in [1.29, 1.82) is 0 Å². The molecule has 0 fully saturated rings. The zero-order valence-corrected chi connectivity index (χ0v) is 13.0. The highest BCUT2D eigenvalue weighted by Gasteiger charge is 2.23. The van der Waals surface area contributed by atoms with Crippen molar-refractivity contribution in [3.8, 4) is 0 Å². The van der Waals surface area contributed by atoms with Crippen LogP contribution in [0.5, 0.6) is 0 Å². The van der Waals surface area contributed by atoms with Crippen LogP contribution in [0.1, 0.15) is 39.5 Å². The minimum absolute atomic E-state index is 0.0207. The molecule has 0 saturated carbocycles.